The Labute approximate surface area is 159 Å². The first-order chi connectivity index (χ1) is 13.0. The van der Waals surface area contributed by atoms with Crippen molar-refractivity contribution in [2.75, 3.05) is 13.1 Å². The summed E-state index contributed by atoms with van der Waals surface area (Å²) in [6.45, 7) is 6.34. The van der Waals surface area contributed by atoms with Gasteiger partial charge in [0.05, 0.1) is 6.54 Å². The van der Waals surface area contributed by atoms with E-state index in [0.29, 0.717) is 30.8 Å². The second-order valence-corrected chi connectivity index (χ2v) is 7.40. The summed E-state index contributed by atoms with van der Waals surface area (Å²) < 4.78 is 53.0. The molecule has 3 rings (SSSR count). The van der Waals surface area contributed by atoms with Gasteiger partial charge in [-0.15, -0.1) is 0 Å². The number of rotatable bonds is 3. The fraction of sp³-hybridized carbons (Fsp3) is 0.500. The van der Waals surface area contributed by atoms with Crippen molar-refractivity contribution in [3.05, 3.63) is 30.2 Å². The van der Waals surface area contributed by atoms with E-state index in [9.17, 15) is 18.0 Å². The molecule has 2 aromatic rings. The molecule has 7 nitrogen and oxygen atoms in total. The summed E-state index contributed by atoms with van der Waals surface area (Å²) in [7, 11) is 0. The molecule has 1 atom stereocenters. The van der Waals surface area contributed by atoms with Crippen LogP contribution in [0.15, 0.2) is 28.8 Å². The molecule has 28 heavy (non-hydrogen) atoms. The molecule has 10 heteroatoms. The Morgan fingerprint density at radius 1 is 1.21 bits per heavy atom. The van der Waals surface area contributed by atoms with Gasteiger partial charge < -0.3 is 18.9 Å². The monoisotopic (exact) mass is 399 g/mol. The number of nitrogens with zero attached hydrogens (tertiary/aromatic N) is 3. The van der Waals surface area contributed by atoms with Crippen molar-refractivity contribution in [2.45, 2.75) is 45.1 Å². The molecule has 1 aromatic heterocycles. The van der Waals surface area contributed by atoms with Crippen LogP contribution in [0.2, 0.25) is 0 Å². The molecule has 0 saturated carbocycles. The highest BCUT2D eigenvalue weighted by atomic mass is 19.4. The van der Waals surface area contributed by atoms with Gasteiger partial charge in [-0.1, -0.05) is 5.16 Å². The number of ether oxygens (including phenoxy) is 2. The lowest BCUT2D eigenvalue weighted by Gasteiger charge is -2.24. The van der Waals surface area contributed by atoms with Gasteiger partial charge in [0.2, 0.25) is 5.82 Å². The predicted octanol–water partition coefficient (Wildman–Crippen LogP) is 4.14. The van der Waals surface area contributed by atoms with Crippen molar-refractivity contribution < 1.29 is 32.0 Å². The molecule has 1 fully saturated rings. The van der Waals surface area contributed by atoms with E-state index >= 15 is 0 Å². The zero-order chi connectivity index (χ0) is 20.5. The Balaban J connectivity index is 1.58. The van der Waals surface area contributed by atoms with Crippen LogP contribution in [0.25, 0.3) is 11.4 Å². The van der Waals surface area contributed by atoms with E-state index in [1.807, 2.05) is 0 Å². The van der Waals surface area contributed by atoms with Gasteiger partial charge in [-0.3, -0.25) is 0 Å². The van der Waals surface area contributed by atoms with Crippen LogP contribution >= 0.6 is 0 Å². The molecule has 1 aromatic carbocycles. The molecule has 0 bridgehead atoms. The Morgan fingerprint density at radius 3 is 2.46 bits per heavy atom. The number of hydrogen-bond donors (Lipinski definition) is 0. The molecule has 1 aliphatic heterocycles. The van der Waals surface area contributed by atoms with Gasteiger partial charge in [0.15, 0.2) is 0 Å². The fourth-order valence-electron chi connectivity index (χ4n) is 2.65. The minimum atomic E-state index is -4.68. The van der Waals surface area contributed by atoms with Crippen molar-refractivity contribution >= 4 is 6.09 Å². The van der Waals surface area contributed by atoms with Crippen molar-refractivity contribution in [3.63, 3.8) is 0 Å². The topological polar surface area (TPSA) is 77.7 Å². The van der Waals surface area contributed by atoms with Crippen LogP contribution in [-0.4, -0.2) is 45.9 Å². The smallest absolute Gasteiger partial charge is 0.471 e. The number of carbonyl (C=O) groups is 1. The van der Waals surface area contributed by atoms with E-state index in [4.69, 9.17) is 9.47 Å². The molecule has 0 aliphatic carbocycles. The first-order valence-electron chi connectivity index (χ1n) is 8.67. The van der Waals surface area contributed by atoms with Gasteiger partial charge in [-0.2, -0.15) is 18.2 Å². The second kappa shape index (κ2) is 7.33. The van der Waals surface area contributed by atoms with E-state index in [1.54, 1.807) is 49.9 Å². The predicted molar refractivity (Wildman–Crippen MR) is 91.6 cm³/mol. The molecule has 0 spiro atoms. The van der Waals surface area contributed by atoms with Crippen molar-refractivity contribution in [1.82, 2.24) is 15.0 Å². The summed E-state index contributed by atoms with van der Waals surface area (Å²) in [5.74, 6) is -1.02. The Hall–Kier alpha value is -2.78. The molecule has 1 aliphatic rings. The summed E-state index contributed by atoms with van der Waals surface area (Å²) >= 11 is 0. The number of halogens is 3. The summed E-state index contributed by atoms with van der Waals surface area (Å²) in [4.78, 5) is 17.0. The minimum Gasteiger partial charge on any atom is -0.489 e. The third-order valence-corrected chi connectivity index (χ3v) is 3.88. The van der Waals surface area contributed by atoms with Crippen LogP contribution < -0.4 is 4.74 Å². The first kappa shape index (κ1) is 20.0. The largest absolute Gasteiger partial charge is 0.489 e. The SMILES string of the molecule is CC(C)(C)OC(=O)N1CC[C@@H](Oc2ccc(-c3noc(C(F)(F)F)n3)cc2)C1. The van der Waals surface area contributed by atoms with Crippen LogP contribution in [0.5, 0.6) is 5.75 Å². The van der Waals surface area contributed by atoms with E-state index < -0.39 is 17.7 Å². The highest BCUT2D eigenvalue weighted by Gasteiger charge is 2.38. The molecule has 0 N–H and O–H groups in total. The number of aromatic nitrogens is 2. The molecule has 0 radical (unpaired) electrons. The number of alkyl halides is 3. The Kier molecular flexibility index (Phi) is 5.22. The van der Waals surface area contributed by atoms with Gasteiger partial charge in [-0.05, 0) is 45.0 Å². The molecular weight excluding hydrogens is 379 g/mol. The van der Waals surface area contributed by atoms with Crippen LogP contribution in [0.3, 0.4) is 0 Å². The summed E-state index contributed by atoms with van der Waals surface area (Å²) in [5, 5.41) is 3.34. The lowest BCUT2D eigenvalue weighted by molar-refractivity contribution is -0.159. The third kappa shape index (κ3) is 4.93. The molecular formula is C18H20F3N3O4. The summed E-state index contributed by atoms with van der Waals surface area (Å²) in [6, 6.07) is 6.30. The van der Waals surface area contributed by atoms with Crippen LogP contribution in [0.1, 0.15) is 33.1 Å². The number of benzene rings is 1. The molecule has 1 saturated heterocycles. The van der Waals surface area contributed by atoms with Gasteiger partial charge in [-0.25, -0.2) is 4.79 Å². The van der Waals surface area contributed by atoms with Crippen molar-refractivity contribution in [1.29, 1.82) is 0 Å². The maximum atomic E-state index is 12.5. The second-order valence-electron chi connectivity index (χ2n) is 7.40. The number of carbonyl (C=O) groups excluding carboxylic acids is 1. The zero-order valence-electron chi connectivity index (χ0n) is 15.6. The van der Waals surface area contributed by atoms with Gasteiger partial charge in [0.25, 0.3) is 0 Å². The van der Waals surface area contributed by atoms with E-state index in [2.05, 4.69) is 14.7 Å². The Bertz CT molecular complexity index is 828. The highest BCUT2D eigenvalue weighted by Crippen LogP contribution is 2.30. The maximum Gasteiger partial charge on any atom is 0.471 e. The van der Waals surface area contributed by atoms with E-state index in [1.165, 1.54) is 0 Å². The average molecular weight is 399 g/mol. The van der Waals surface area contributed by atoms with E-state index in [0.717, 1.165) is 0 Å². The normalized spacial score (nSPS) is 17.6. The van der Waals surface area contributed by atoms with Crippen LogP contribution in [0, 0.1) is 0 Å². The summed E-state index contributed by atoms with van der Waals surface area (Å²) in [6.07, 6.45) is -4.61. The number of likely N-dealkylation sites (tertiary alicyclic amines) is 1. The lowest BCUT2D eigenvalue weighted by Crippen LogP contribution is -2.36. The first-order valence-corrected chi connectivity index (χ1v) is 8.67. The van der Waals surface area contributed by atoms with Gasteiger partial charge in [0, 0.05) is 18.5 Å². The quantitative estimate of drug-likeness (QED) is 0.772. The van der Waals surface area contributed by atoms with Crippen LogP contribution in [0.4, 0.5) is 18.0 Å². The van der Waals surface area contributed by atoms with Gasteiger partial charge in [0.1, 0.15) is 17.5 Å². The van der Waals surface area contributed by atoms with E-state index in [-0.39, 0.29) is 18.0 Å². The molecule has 1 amide bonds. The average Bonchev–Trinajstić information content (AvgIpc) is 3.23. The van der Waals surface area contributed by atoms with Crippen LogP contribution in [-0.2, 0) is 10.9 Å². The third-order valence-electron chi connectivity index (χ3n) is 3.88. The summed E-state index contributed by atoms with van der Waals surface area (Å²) in [5.41, 5.74) is -0.194. The zero-order valence-corrected chi connectivity index (χ0v) is 15.6. The molecule has 0 unspecified atom stereocenters. The van der Waals surface area contributed by atoms with Crippen molar-refractivity contribution in [2.24, 2.45) is 0 Å². The highest BCUT2D eigenvalue weighted by molar-refractivity contribution is 5.68. The maximum absolute atomic E-state index is 12.5. The van der Waals surface area contributed by atoms with Gasteiger partial charge >= 0.3 is 18.2 Å². The molecule has 2 heterocycles. The Morgan fingerprint density at radius 2 is 1.89 bits per heavy atom. The molecule has 152 valence electrons. The van der Waals surface area contributed by atoms with Crippen molar-refractivity contribution in [3.8, 4) is 17.1 Å². The standard InChI is InChI=1S/C18H20F3N3O4/c1-17(2,3)27-16(25)24-9-8-13(10-24)26-12-6-4-11(5-7-12)14-22-15(28-23-14)18(19,20)21/h4-7,13H,8-10H2,1-3H3/t13-/m1/s1. The minimum absolute atomic E-state index is 0.157. The number of hydrogen-bond acceptors (Lipinski definition) is 6. The number of amides is 1. The lowest BCUT2D eigenvalue weighted by atomic mass is 10.2. The fourth-order valence-corrected chi connectivity index (χ4v) is 2.65.